The van der Waals surface area contributed by atoms with E-state index in [1.807, 2.05) is 18.2 Å². The van der Waals surface area contributed by atoms with Crippen molar-refractivity contribution in [3.8, 4) is 17.4 Å². The predicted molar refractivity (Wildman–Crippen MR) is 94.7 cm³/mol. The SMILES string of the molecule is N#C/C(=C\c1ccc(-c2ccc(Cl)cc2)o1)C(=O)NCC1CCCO1. The molecule has 1 saturated heterocycles. The van der Waals surface area contributed by atoms with Crippen LogP contribution in [0.1, 0.15) is 18.6 Å². The van der Waals surface area contributed by atoms with Gasteiger partial charge in [0.15, 0.2) is 0 Å². The third-order valence-corrected chi connectivity index (χ3v) is 4.17. The van der Waals surface area contributed by atoms with Crippen LogP contribution in [0.25, 0.3) is 17.4 Å². The lowest BCUT2D eigenvalue weighted by Crippen LogP contribution is -2.32. The van der Waals surface area contributed by atoms with Crippen LogP contribution in [0.15, 0.2) is 46.4 Å². The Kier molecular flexibility index (Phi) is 5.54. The van der Waals surface area contributed by atoms with Crippen LogP contribution in [-0.2, 0) is 9.53 Å². The highest BCUT2D eigenvalue weighted by Crippen LogP contribution is 2.24. The third-order valence-electron chi connectivity index (χ3n) is 3.92. The molecule has 3 rings (SSSR count). The van der Waals surface area contributed by atoms with Crippen molar-refractivity contribution < 1.29 is 13.9 Å². The number of nitrogens with zero attached hydrogens (tertiary/aromatic N) is 1. The molecule has 5 nitrogen and oxygen atoms in total. The zero-order valence-corrected chi connectivity index (χ0v) is 14.3. The molecule has 1 N–H and O–H groups in total. The average molecular weight is 357 g/mol. The van der Waals surface area contributed by atoms with Crippen molar-refractivity contribution in [2.45, 2.75) is 18.9 Å². The predicted octanol–water partition coefficient (Wildman–Crippen LogP) is 3.80. The summed E-state index contributed by atoms with van der Waals surface area (Å²) in [6.07, 6.45) is 3.39. The number of amides is 1. The lowest BCUT2D eigenvalue weighted by Gasteiger charge is -2.09. The molecule has 0 radical (unpaired) electrons. The maximum absolute atomic E-state index is 12.1. The van der Waals surface area contributed by atoms with Crippen molar-refractivity contribution in [1.29, 1.82) is 5.26 Å². The van der Waals surface area contributed by atoms with E-state index in [9.17, 15) is 10.1 Å². The molecule has 128 valence electrons. The lowest BCUT2D eigenvalue weighted by atomic mass is 10.2. The number of benzene rings is 1. The van der Waals surface area contributed by atoms with E-state index < -0.39 is 5.91 Å². The quantitative estimate of drug-likeness (QED) is 0.653. The molecule has 1 aromatic heterocycles. The molecule has 1 atom stereocenters. The summed E-state index contributed by atoms with van der Waals surface area (Å²) >= 11 is 5.87. The van der Waals surface area contributed by atoms with E-state index in [1.165, 1.54) is 6.08 Å². The monoisotopic (exact) mass is 356 g/mol. The number of furan rings is 1. The molecule has 1 fully saturated rings. The number of nitrogens with one attached hydrogen (secondary N) is 1. The number of rotatable bonds is 5. The van der Waals surface area contributed by atoms with Gasteiger partial charge in [-0.1, -0.05) is 11.6 Å². The minimum Gasteiger partial charge on any atom is -0.457 e. The van der Waals surface area contributed by atoms with Crippen molar-refractivity contribution in [3.05, 3.63) is 52.8 Å². The molecule has 2 heterocycles. The zero-order chi connectivity index (χ0) is 17.6. The van der Waals surface area contributed by atoms with Crippen LogP contribution in [0.5, 0.6) is 0 Å². The minimum atomic E-state index is -0.428. The van der Waals surface area contributed by atoms with Crippen LogP contribution >= 0.6 is 11.6 Å². The number of carbonyl (C=O) groups is 1. The summed E-state index contributed by atoms with van der Waals surface area (Å²) in [5.74, 6) is 0.649. The van der Waals surface area contributed by atoms with Gasteiger partial charge in [-0.2, -0.15) is 5.26 Å². The second-order valence-corrected chi connectivity index (χ2v) is 6.16. The lowest BCUT2D eigenvalue weighted by molar-refractivity contribution is -0.117. The van der Waals surface area contributed by atoms with Crippen molar-refractivity contribution >= 4 is 23.6 Å². The maximum Gasteiger partial charge on any atom is 0.262 e. The van der Waals surface area contributed by atoms with Crippen molar-refractivity contribution in [2.24, 2.45) is 0 Å². The fourth-order valence-electron chi connectivity index (χ4n) is 2.60. The smallest absolute Gasteiger partial charge is 0.262 e. The van der Waals surface area contributed by atoms with Crippen LogP contribution in [0.3, 0.4) is 0 Å². The van der Waals surface area contributed by atoms with E-state index in [4.69, 9.17) is 20.8 Å². The largest absolute Gasteiger partial charge is 0.457 e. The standard InChI is InChI=1S/C19H17ClN2O3/c20-15-5-3-13(4-6-15)18-8-7-16(25-18)10-14(11-21)19(23)22-12-17-2-1-9-24-17/h3-8,10,17H,1-2,9,12H2,(H,22,23)/b14-10+. The number of nitriles is 1. The van der Waals surface area contributed by atoms with Crippen LogP contribution < -0.4 is 5.32 Å². The Balaban J connectivity index is 1.68. The first-order valence-electron chi connectivity index (χ1n) is 8.03. The summed E-state index contributed by atoms with van der Waals surface area (Å²) in [6.45, 7) is 1.13. The number of hydrogen-bond acceptors (Lipinski definition) is 4. The Morgan fingerprint density at radius 3 is 2.80 bits per heavy atom. The Labute approximate surface area is 150 Å². The molecular formula is C19H17ClN2O3. The van der Waals surface area contributed by atoms with Crippen LogP contribution in [0, 0.1) is 11.3 Å². The van der Waals surface area contributed by atoms with Gasteiger partial charge in [0.25, 0.3) is 5.91 Å². The van der Waals surface area contributed by atoms with Gasteiger partial charge in [0, 0.05) is 29.8 Å². The maximum atomic E-state index is 12.1. The fourth-order valence-corrected chi connectivity index (χ4v) is 2.72. The first-order valence-corrected chi connectivity index (χ1v) is 8.41. The van der Waals surface area contributed by atoms with Gasteiger partial charge in [0.05, 0.1) is 6.10 Å². The molecule has 25 heavy (non-hydrogen) atoms. The Bertz CT molecular complexity index is 812. The van der Waals surface area contributed by atoms with Crippen molar-refractivity contribution in [2.75, 3.05) is 13.2 Å². The van der Waals surface area contributed by atoms with E-state index in [2.05, 4.69) is 5.32 Å². The number of halogens is 1. The second kappa shape index (κ2) is 8.02. The molecule has 1 aliphatic rings. The van der Waals surface area contributed by atoms with Gasteiger partial charge in [0.2, 0.25) is 0 Å². The van der Waals surface area contributed by atoms with Gasteiger partial charge in [0.1, 0.15) is 23.2 Å². The molecule has 0 bridgehead atoms. The summed E-state index contributed by atoms with van der Waals surface area (Å²) in [5.41, 5.74) is 0.861. The fraction of sp³-hybridized carbons (Fsp3) is 0.263. The summed E-state index contributed by atoms with van der Waals surface area (Å²) < 4.78 is 11.1. The molecular weight excluding hydrogens is 340 g/mol. The van der Waals surface area contributed by atoms with Crippen molar-refractivity contribution in [3.63, 3.8) is 0 Å². The Morgan fingerprint density at radius 1 is 1.32 bits per heavy atom. The van der Waals surface area contributed by atoms with Gasteiger partial charge >= 0.3 is 0 Å². The van der Waals surface area contributed by atoms with Crippen LogP contribution in [0.4, 0.5) is 0 Å². The summed E-state index contributed by atoms with van der Waals surface area (Å²) in [5, 5.41) is 12.6. The average Bonchev–Trinajstić information content (AvgIpc) is 3.30. The first-order chi connectivity index (χ1) is 12.2. The molecule has 0 spiro atoms. The highest BCUT2D eigenvalue weighted by atomic mass is 35.5. The van der Waals surface area contributed by atoms with Crippen molar-refractivity contribution in [1.82, 2.24) is 5.32 Å². The van der Waals surface area contributed by atoms with E-state index in [0.29, 0.717) is 23.1 Å². The van der Waals surface area contributed by atoms with Gasteiger partial charge in [-0.3, -0.25) is 4.79 Å². The van der Waals surface area contributed by atoms with Gasteiger partial charge in [-0.15, -0.1) is 0 Å². The molecule has 0 aliphatic carbocycles. The molecule has 0 saturated carbocycles. The van der Waals surface area contributed by atoms with Crippen LogP contribution in [0.2, 0.25) is 5.02 Å². The summed E-state index contributed by atoms with van der Waals surface area (Å²) in [6, 6.07) is 12.6. The molecule has 1 unspecified atom stereocenters. The number of carbonyl (C=O) groups excluding carboxylic acids is 1. The Hall–Kier alpha value is -2.55. The topological polar surface area (TPSA) is 75.3 Å². The van der Waals surface area contributed by atoms with Crippen LogP contribution in [-0.4, -0.2) is 25.2 Å². The van der Waals surface area contributed by atoms with Gasteiger partial charge in [-0.05, 0) is 49.2 Å². The van der Waals surface area contributed by atoms with E-state index in [1.54, 1.807) is 24.3 Å². The second-order valence-electron chi connectivity index (χ2n) is 5.72. The summed E-state index contributed by atoms with van der Waals surface area (Å²) in [4.78, 5) is 12.1. The van der Waals surface area contributed by atoms with E-state index >= 15 is 0 Å². The van der Waals surface area contributed by atoms with E-state index in [0.717, 1.165) is 25.0 Å². The minimum absolute atomic E-state index is 0.00463. The van der Waals surface area contributed by atoms with Gasteiger partial charge in [-0.25, -0.2) is 0 Å². The summed E-state index contributed by atoms with van der Waals surface area (Å²) in [7, 11) is 0. The number of hydrogen-bond donors (Lipinski definition) is 1. The first kappa shape index (κ1) is 17.3. The highest BCUT2D eigenvalue weighted by Gasteiger charge is 2.18. The molecule has 2 aromatic rings. The molecule has 1 aromatic carbocycles. The third kappa shape index (κ3) is 4.50. The molecule has 6 heteroatoms. The van der Waals surface area contributed by atoms with E-state index in [-0.39, 0.29) is 11.7 Å². The normalized spacial score (nSPS) is 17.3. The Morgan fingerprint density at radius 2 is 2.12 bits per heavy atom. The molecule has 1 amide bonds. The van der Waals surface area contributed by atoms with Gasteiger partial charge < -0.3 is 14.5 Å². The number of ether oxygens (including phenoxy) is 1. The highest BCUT2D eigenvalue weighted by molar-refractivity contribution is 6.30. The molecule has 1 aliphatic heterocycles. The zero-order valence-electron chi connectivity index (χ0n) is 13.5.